The summed E-state index contributed by atoms with van der Waals surface area (Å²) in [7, 11) is -4.23. The third-order valence-corrected chi connectivity index (χ3v) is 5.41. The number of hydrazone groups is 1. The number of hydrogen-bond acceptors (Lipinski definition) is 4. The van der Waals surface area contributed by atoms with Gasteiger partial charge < -0.3 is 0 Å². The Kier molecular flexibility index (Phi) is 6.40. The summed E-state index contributed by atoms with van der Waals surface area (Å²) in [6, 6.07) is 17.8. The molecule has 0 aliphatic rings. The highest BCUT2D eigenvalue weighted by Crippen LogP contribution is 2.31. The van der Waals surface area contributed by atoms with Gasteiger partial charge in [-0.3, -0.25) is 9.52 Å². The van der Waals surface area contributed by atoms with Crippen molar-refractivity contribution >= 4 is 27.8 Å². The van der Waals surface area contributed by atoms with E-state index in [0.29, 0.717) is 6.07 Å². The largest absolute Gasteiger partial charge is 0.416 e. The first kappa shape index (κ1) is 22.0. The minimum Gasteiger partial charge on any atom is -0.280 e. The molecule has 6 nitrogen and oxygen atoms in total. The van der Waals surface area contributed by atoms with Crippen LogP contribution in [0.5, 0.6) is 0 Å². The standard InChI is InChI=1S/C21H16F3N3O3S/c22-21(23,24)17-9-5-10-18(13-17)27-31(29,30)19-11-4-8-16(12-19)20(28)26-25-14-15-6-2-1-3-7-15/h1-14,27H,(H,26,28)/b25-14+. The number of hydrogen-bond donors (Lipinski definition) is 2. The van der Waals surface area contributed by atoms with Crippen molar-refractivity contribution in [3.63, 3.8) is 0 Å². The van der Waals surface area contributed by atoms with Crippen molar-refractivity contribution in [3.8, 4) is 0 Å². The lowest BCUT2D eigenvalue weighted by atomic mass is 10.2. The van der Waals surface area contributed by atoms with Gasteiger partial charge in [-0.05, 0) is 42.0 Å². The molecule has 0 aromatic heterocycles. The van der Waals surface area contributed by atoms with Crippen LogP contribution in [0.25, 0.3) is 0 Å². The number of rotatable bonds is 6. The molecule has 0 atom stereocenters. The van der Waals surface area contributed by atoms with Crippen molar-refractivity contribution in [2.75, 3.05) is 4.72 Å². The molecule has 0 aliphatic heterocycles. The number of nitrogens with zero attached hydrogens (tertiary/aromatic N) is 1. The predicted molar refractivity (Wildman–Crippen MR) is 110 cm³/mol. The Labute approximate surface area is 176 Å². The van der Waals surface area contributed by atoms with E-state index in [1.807, 2.05) is 6.07 Å². The van der Waals surface area contributed by atoms with Gasteiger partial charge in [-0.1, -0.05) is 42.5 Å². The molecule has 0 unspecified atom stereocenters. The minimum atomic E-state index is -4.61. The molecule has 0 spiro atoms. The molecule has 0 aliphatic carbocycles. The Morgan fingerprint density at radius 3 is 2.32 bits per heavy atom. The lowest BCUT2D eigenvalue weighted by Gasteiger charge is -2.12. The number of benzene rings is 3. The minimum absolute atomic E-state index is 0.0112. The Morgan fingerprint density at radius 1 is 0.903 bits per heavy atom. The lowest BCUT2D eigenvalue weighted by Crippen LogP contribution is -2.19. The molecule has 0 fully saturated rings. The van der Waals surface area contributed by atoms with Crippen LogP contribution in [-0.4, -0.2) is 20.5 Å². The average Bonchev–Trinajstić information content (AvgIpc) is 2.74. The molecule has 3 rings (SSSR count). The fourth-order valence-electron chi connectivity index (χ4n) is 2.55. The molecule has 0 saturated heterocycles. The summed E-state index contributed by atoms with van der Waals surface area (Å²) in [5.74, 6) is -0.650. The smallest absolute Gasteiger partial charge is 0.280 e. The predicted octanol–water partition coefficient (Wildman–Crippen LogP) is 4.27. The number of carbonyl (C=O) groups is 1. The van der Waals surface area contributed by atoms with Gasteiger partial charge in [0, 0.05) is 11.3 Å². The maximum atomic E-state index is 12.8. The Bertz CT molecular complexity index is 1210. The zero-order valence-electron chi connectivity index (χ0n) is 15.8. The van der Waals surface area contributed by atoms with Gasteiger partial charge in [-0.25, -0.2) is 13.8 Å². The van der Waals surface area contributed by atoms with E-state index >= 15 is 0 Å². The van der Waals surface area contributed by atoms with Gasteiger partial charge >= 0.3 is 6.18 Å². The molecule has 160 valence electrons. The summed E-state index contributed by atoms with van der Waals surface area (Å²) >= 11 is 0. The fourth-order valence-corrected chi connectivity index (χ4v) is 3.64. The molecule has 0 radical (unpaired) electrons. The molecule has 10 heteroatoms. The Hall–Kier alpha value is -3.66. The van der Waals surface area contributed by atoms with Crippen LogP contribution in [0.2, 0.25) is 0 Å². The van der Waals surface area contributed by atoms with Crippen molar-refractivity contribution < 1.29 is 26.4 Å². The quantitative estimate of drug-likeness (QED) is 0.437. The number of halogens is 3. The molecule has 0 bridgehead atoms. The van der Waals surface area contributed by atoms with E-state index in [1.165, 1.54) is 30.5 Å². The molecule has 1 amide bonds. The molecule has 3 aromatic rings. The van der Waals surface area contributed by atoms with Crippen LogP contribution in [0.1, 0.15) is 21.5 Å². The van der Waals surface area contributed by atoms with Crippen LogP contribution in [0, 0.1) is 0 Å². The first-order chi connectivity index (χ1) is 14.6. The van der Waals surface area contributed by atoms with E-state index in [9.17, 15) is 26.4 Å². The molecule has 2 N–H and O–H groups in total. The zero-order chi connectivity index (χ0) is 22.5. The number of alkyl halides is 3. The highest BCUT2D eigenvalue weighted by Gasteiger charge is 2.30. The molecular weight excluding hydrogens is 431 g/mol. The van der Waals surface area contributed by atoms with Crippen LogP contribution in [0.4, 0.5) is 18.9 Å². The van der Waals surface area contributed by atoms with E-state index in [4.69, 9.17) is 0 Å². The Balaban J connectivity index is 1.75. The van der Waals surface area contributed by atoms with Crippen LogP contribution in [0.3, 0.4) is 0 Å². The topological polar surface area (TPSA) is 87.6 Å². The van der Waals surface area contributed by atoms with Crippen LogP contribution in [0.15, 0.2) is 88.9 Å². The summed E-state index contributed by atoms with van der Waals surface area (Å²) in [6.07, 6.45) is -3.19. The number of sulfonamides is 1. The molecule has 0 saturated carbocycles. The maximum Gasteiger partial charge on any atom is 0.416 e. The maximum absolute atomic E-state index is 12.8. The van der Waals surface area contributed by atoms with Gasteiger partial charge in [0.25, 0.3) is 15.9 Å². The third-order valence-electron chi connectivity index (χ3n) is 4.03. The van der Waals surface area contributed by atoms with Crippen molar-refractivity contribution in [2.45, 2.75) is 11.1 Å². The summed E-state index contributed by atoms with van der Waals surface area (Å²) in [5.41, 5.74) is 1.81. The lowest BCUT2D eigenvalue weighted by molar-refractivity contribution is -0.137. The van der Waals surface area contributed by atoms with Gasteiger partial charge in [-0.2, -0.15) is 18.3 Å². The van der Waals surface area contributed by atoms with E-state index in [2.05, 4.69) is 15.2 Å². The second kappa shape index (κ2) is 9.00. The van der Waals surface area contributed by atoms with Crippen molar-refractivity contribution in [1.29, 1.82) is 0 Å². The van der Waals surface area contributed by atoms with Crippen molar-refractivity contribution in [1.82, 2.24) is 5.43 Å². The van der Waals surface area contributed by atoms with E-state index in [-0.39, 0.29) is 16.1 Å². The fraction of sp³-hybridized carbons (Fsp3) is 0.0476. The molecule has 31 heavy (non-hydrogen) atoms. The number of anilines is 1. The Morgan fingerprint density at radius 2 is 1.61 bits per heavy atom. The van der Waals surface area contributed by atoms with Gasteiger partial charge in [0.05, 0.1) is 16.7 Å². The zero-order valence-corrected chi connectivity index (χ0v) is 16.6. The summed E-state index contributed by atoms with van der Waals surface area (Å²) in [6.45, 7) is 0. The summed E-state index contributed by atoms with van der Waals surface area (Å²) in [5, 5.41) is 3.81. The SMILES string of the molecule is O=C(N/N=C/c1ccccc1)c1cccc(S(=O)(=O)Nc2cccc(C(F)(F)F)c2)c1. The molecular formula is C21H16F3N3O3S. The van der Waals surface area contributed by atoms with Crippen molar-refractivity contribution in [2.24, 2.45) is 5.10 Å². The van der Waals surface area contributed by atoms with Crippen molar-refractivity contribution in [3.05, 3.63) is 95.6 Å². The third kappa shape index (κ3) is 5.92. The van der Waals surface area contributed by atoms with Crippen LogP contribution >= 0.6 is 0 Å². The first-order valence-corrected chi connectivity index (χ1v) is 10.3. The first-order valence-electron chi connectivity index (χ1n) is 8.84. The second-order valence-electron chi connectivity index (χ2n) is 6.32. The van der Waals surface area contributed by atoms with Gasteiger partial charge in [0.15, 0.2) is 0 Å². The highest BCUT2D eigenvalue weighted by molar-refractivity contribution is 7.92. The highest BCUT2D eigenvalue weighted by atomic mass is 32.2. The second-order valence-corrected chi connectivity index (χ2v) is 8.00. The van der Waals surface area contributed by atoms with Gasteiger partial charge in [0.1, 0.15) is 0 Å². The van der Waals surface area contributed by atoms with Crippen LogP contribution < -0.4 is 10.1 Å². The summed E-state index contributed by atoms with van der Waals surface area (Å²) in [4.78, 5) is 12.0. The molecule has 3 aromatic carbocycles. The number of carbonyl (C=O) groups excluding carboxylic acids is 1. The van der Waals surface area contributed by atoms with E-state index in [0.717, 1.165) is 23.8 Å². The normalized spacial score (nSPS) is 12.0. The van der Waals surface area contributed by atoms with E-state index in [1.54, 1.807) is 24.3 Å². The monoisotopic (exact) mass is 447 g/mol. The summed E-state index contributed by atoms with van der Waals surface area (Å²) < 4.78 is 65.8. The number of nitrogens with one attached hydrogen (secondary N) is 2. The molecule has 0 heterocycles. The average molecular weight is 447 g/mol. The van der Waals surface area contributed by atoms with E-state index < -0.39 is 27.7 Å². The van der Waals surface area contributed by atoms with Gasteiger partial charge in [-0.15, -0.1) is 0 Å². The number of amides is 1. The van der Waals surface area contributed by atoms with Gasteiger partial charge in [0.2, 0.25) is 0 Å². The van der Waals surface area contributed by atoms with Crippen LogP contribution in [-0.2, 0) is 16.2 Å².